The Morgan fingerprint density at radius 3 is 2.21 bits per heavy atom. The topological polar surface area (TPSA) is 64.0 Å². The second kappa shape index (κ2) is 7.31. The summed E-state index contributed by atoms with van der Waals surface area (Å²) in [4.78, 5) is 0. The average Bonchev–Trinajstić information content (AvgIpc) is 2.99. The second-order valence-electron chi connectivity index (χ2n) is 5.87. The number of benzene rings is 2. The third-order valence-corrected chi connectivity index (χ3v) is 4.78. The third-order valence-electron chi connectivity index (χ3n) is 3.62. The van der Waals surface area contributed by atoms with E-state index < -0.39 is 21.9 Å². The van der Waals surface area contributed by atoms with E-state index in [2.05, 4.69) is 9.82 Å². The van der Waals surface area contributed by atoms with Crippen LogP contribution >= 0.6 is 23.2 Å². The minimum atomic E-state index is -4.66. The Morgan fingerprint density at radius 1 is 1.04 bits per heavy atom. The van der Waals surface area contributed by atoms with E-state index in [4.69, 9.17) is 23.2 Å². The lowest BCUT2D eigenvalue weighted by molar-refractivity contribution is -0.141. The molecule has 3 rings (SSSR count). The Balaban J connectivity index is 2.13. The summed E-state index contributed by atoms with van der Waals surface area (Å²) in [6.45, 7) is 0. The van der Waals surface area contributed by atoms with Gasteiger partial charge in [-0.25, -0.2) is 13.1 Å². The van der Waals surface area contributed by atoms with Crippen LogP contribution in [0.3, 0.4) is 0 Å². The van der Waals surface area contributed by atoms with Crippen LogP contribution in [0.4, 0.5) is 18.9 Å². The molecule has 0 saturated carbocycles. The fraction of sp³-hybridized carbons (Fsp3) is 0.118. The van der Waals surface area contributed by atoms with Crippen molar-refractivity contribution >= 4 is 38.9 Å². The molecule has 0 radical (unpaired) electrons. The maximum atomic E-state index is 13.2. The van der Waals surface area contributed by atoms with Gasteiger partial charge in [0, 0.05) is 16.3 Å². The zero-order valence-corrected chi connectivity index (χ0v) is 16.5. The van der Waals surface area contributed by atoms with Gasteiger partial charge in [0.15, 0.2) is 5.69 Å². The highest BCUT2D eigenvalue weighted by atomic mass is 35.5. The van der Waals surface area contributed by atoms with Crippen molar-refractivity contribution in [2.45, 2.75) is 6.18 Å². The number of sulfonamides is 1. The van der Waals surface area contributed by atoms with Crippen molar-refractivity contribution in [2.24, 2.45) is 0 Å². The van der Waals surface area contributed by atoms with Crippen molar-refractivity contribution in [1.82, 2.24) is 9.78 Å². The molecule has 0 aliphatic rings. The van der Waals surface area contributed by atoms with Crippen molar-refractivity contribution in [3.05, 3.63) is 64.3 Å². The van der Waals surface area contributed by atoms with E-state index in [9.17, 15) is 21.6 Å². The molecule has 2 aromatic carbocycles. The van der Waals surface area contributed by atoms with Gasteiger partial charge in [-0.3, -0.25) is 4.72 Å². The second-order valence-corrected chi connectivity index (χ2v) is 8.46. The van der Waals surface area contributed by atoms with Crippen LogP contribution in [-0.2, 0) is 16.2 Å². The molecule has 3 aromatic rings. The Hall–Kier alpha value is -2.23. The minimum absolute atomic E-state index is 0.109. The quantitative estimate of drug-likeness (QED) is 0.592. The molecular weight excluding hydrogens is 438 g/mol. The van der Waals surface area contributed by atoms with Gasteiger partial charge in [-0.15, -0.1) is 0 Å². The Morgan fingerprint density at radius 2 is 1.68 bits per heavy atom. The van der Waals surface area contributed by atoms with E-state index in [0.29, 0.717) is 10.6 Å². The van der Waals surface area contributed by atoms with E-state index in [1.165, 1.54) is 42.5 Å². The molecule has 148 valence electrons. The number of nitrogens with zero attached hydrogens (tertiary/aromatic N) is 2. The van der Waals surface area contributed by atoms with E-state index >= 15 is 0 Å². The number of rotatable bonds is 4. The van der Waals surface area contributed by atoms with Gasteiger partial charge in [0.2, 0.25) is 10.0 Å². The van der Waals surface area contributed by atoms with E-state index in [1.807, 2.05) is 0 Å². The normalized spacial score (nSPS) is 12.2. The van der Waals surface area contributed by atoms with Crippen LogP contribution < -0.4 is 4.72 Å². The molecule has 0 spiro atoms. The van der Waals surface area contributed by atoms with Crippen molar-refractivity contribution in [3.8, 4) is 16.9 Å². The maximum Gasteiger partial charge on any atom is 0.435 e. The number of anilines is 1. The van der Waals surface area contributed by atoms with Crippen molar-refractivity contribution in [2.75, 3.05) is 11.0 Å². The zero-order chi connectivity index (χ0) is 20.7. The molecule has 0 atom stereocenters. The van der Waals surface area contributed by atoms with Gasteiger partial charge in [0.05, 0.1) is 22.7 Å². The lowest BCUT2D eigenvalue weighted by atomic mass is 10.1. The molecule has 0 aliphatic heterocycles. The summed E-state index contributed by atoms with van der Waals surface area (Å²) in [5.41, 5.74) is -0.117. The molecule has 1 N–H and O–H groups in total. The molecular formula is C17H12Cl2F3N3O2S. The summed E-state index contributed by atoms with van der Waals surface area (Å²) in [6, 6.07) is 11.0. The SMILES string of the molecule is CS(=O)(=O)Nc1ccc(-n2nc(C(F)(F)F)cc2-c2ccc(Cl)cc2Cl)cc1. The van der Waals surface area contributed by atoms with Gasteiger partial charge in [0.25, 0.3) is 0 Å². The van der Waals surface area contributed by atoms with Crippen LogP contribution in [-0.4, -0.2) is 24.5 Å². The van der Waals surface area contributed by atoms with Crippen molar-refractivity contribution in [1.29, 1.82) is 0 Å². The monoisotopic (exact) mass is 449 g/mol. The highest BCUT2D eigenvalue weighted by Gasteiger charge is 2.35. The van der Waals surface area contributed by atoms with Gasteiger partial charge in [-0.2, -0.15) is 18.3 Å². The molecule has 0 fully saturated rings. The fourth-order valence-corrected chi connectivity index (χ4v) is 3.56. The Kier molecular flexibility index (Phi) is 5.35. The van der Waals surface area contributed by atoms with Gasteiger partial charge >= 0.3 is 6.18 Å². The molecule has 0 saturated heterocycles. The lowest BCUT2D eigenvalue weighted by Gasteiger charge is -2.10. The van der Waals surface area contributed by atoms with E-state index in [0.717, 1.165) is 17.0 Å². The molecule has 0 aliphatic carbocycles. The lowest BCUT2D eigenvalue weighted by Crippen LogP contribution is -2.10. The summed E-state index contributed by atoms with van der Waals surface area (Å²) in [7, 11) is -3.48. The summed E-state index contributed by atoms with van der Waals surface area (Å²) in [5.74, 6) is 0. The van der Waals surface area contributed by atoms with E-state index in [-0.39, 0.29) is 22.1 Å². The first-order chi connectivity index (χ1) is 12.9. The molecule has 0 amide bonds. The highest BCUT2D eigenvalue weighted by Crippen LogP contribution is 2.36. The zero-order valence-electron chi connectivity index (χ0n) is 14.1. The third kappa shape index (κ3) is 4.60. The fourth-order valence-electron chi connectivity index (χ4n) is 2.49. The molecule has 1 aromatic heterocycles. The molecule has 28 heavy (non-hydrogen) atoms. The van der Waals surface area contributed by atoms with Gasteiger partial charge in [-0.1, -0.05) is 23.2 Å². The number of hydrogen-bond acceptors (Lipinski definition) is 3. The van der Waals surface area contributed by atoms with Crippen LogP contribution in [0.2, 0.25) is 10.0 Å². The van der Waals surface area contributed by atoms with Crippen LogP contribution in [0.15, 0.2) is 48.5 Å². The number of nitrogens with one attached hydrogen (secondary N) is 1. The predicted molar refractivity (Wildman–Crippen MR) is 102 cm³/mol. The smallest absolute Gasteiger partial charge is 0.284 e. The van der Waals surface area contributed by atoms with Gasteiger partial charge in [0.1, 0.15) is 0 Å². The number of aromatic nitrogens is 2. The molecule has 1 heterocycles. The van der Waals surface area contributed by atoms with Crippen LogP contribution in [0, 0.1) is 0 Å². The van der Waals surface area contributed by atoms with Crippen LogP contribution in [0.5, 0.6) is 0 Å². The highest BCUT2D eigenvalue weighted by molar-refractivity contribution is 7.92. The largest absolute Gasteiger partial charge is 0.435 e. The van der Waals surface area contributed by atoms with Crippen LogP contribution in [0.25, 0.3) is 16.9 Å². The van der Waals surface area contributed by atoms with Gasteiger partial charge < -0.3 is 0 Å². The first-order valence-corrected chi connectivity index (χ1v) is 10.3. The Labute approximate surface area is 168 Å². The molecule has 0 unspecified atom stereocenters. The number of halogens is 5. The van der Waals surface area contributed by atoms with Crippen molar-refractivity contribution < 1.29 is 21.6 Å². The minimum Gasteiger partial charge on any atom is -0.284 e. The molecule has 11 heteroatoms. The first kappa shape index (κ1) is 20.5. The summed E-state index contributed by atoms with van der Waals surface area (Å²) >= 11 is 12.0. The van der Waals surface area contributed by atoms with Crippen molar-refractivity contribution in [3.63, 3.8) is 0 Å². The average molecular weight is 450 g/mol. The van der Waals surface area contributed by atoms with E-state index in [1.54, 1.807) is 0 Å². The standard InChI is InChI=1S/C17H12Cl2F3N3O2S/c1-28(26,27)24-11-3-5-12(6-4-11)25-15(9-16(23-25)17(20,21)22)13-7-2-10(18)8-14(13)19/h2-9,24H,1H3. The Bertz CT molecular complexity index is 1130. The number of hydrogen-bond donors (Lipinski definition) is 1. The maximum absolute atomic E-state index is 13.2. The molecule has 5 nitrogen and oxygen atoms in total. The summed E-state index contributed by atoms with van der Waals surface area (Å²) in [6.07, 6.45) is -3.67. The van der Waals surface area contributed by atoms with Gasteiger partial charge in [-0.05, 0) is 48.5 Å². The predicted octanol–water partition coefficient (Wildman–Crippen LogP) is 5.24. The molecule has 0 bridgehead atoms. The summed E-state index contributed by atoms with van der Waals surface area (Å²) in [5, 5.41) is 4.16. The first-order valence-electron chi connectivity index (χ1n) is 7.65. The summed E-state index contributed by atoms with van der Waals surface area (Å²) < 4.78 is 65.6. The van der Waals surface area contributed by atoms with Crippen LogP contribution in [0.1, 0.15) is 5.69 Å². The number of alkyl halides is 3.